The molecule has 3 N–H and O–H groups in total. The molecule has 1 unspecified atom stereocenters. The minimum Gasteiger partial charge on any atom is -0.324 e. The third-order valence-corrected chi connectivity index (χ3v) is 2.97. The average Bonchev–Trinajstić information content (AvgIpc) is 2.44. The van der Waals surface area contributed by atoms with Crippen molar-refractivity contribution in [3.05, 3.63) is 65.0 Å². The van der Waals surface area contributed by atoms with Gasteiger partial charge in [0.1, 0.15) is 6.04 Å². The van der Waals surface area contributed by atoms with Gasteiger partial charge in [-0.05, 0) is 12.5 Å². The van der Waals surface area contributed by atoms with Crippen molar-refractivity contribution in [2.75, 3.05) is 5.32 Å². The lowest BCUT2D eigenvalue weighted by atomic mass is 10.1. The van der Waals surface area contributed by atoms with Crippen LogP contribution < -0.4 is 11.1 Å². The first-order valence-corrected chi connectivity index (χ1v) is 6.16. The largest absolute Gasteiger partial charge is 0.324 e. The Morgan fingerprint density at radius 1 is 1.10 bits per heavy atom. The third kappa shape index (κ3) is 3.41. The predicted molar refractivity (Wildman–Crippen MR) is 73.1 cm³/mol. The molecule has 0 radical (unpaired) electrons. The van der Waals surface area contributed by atoms with E-state index < -0.39 is 29.4 Å². The van der Waals surface area contributed by atoms with Crippen molar-refractivity contribution in [3.8, 4) is 0 Å². The van der Waals surface area contributed by atoms with Crippen molar-refractivity contribution in [2.24, 2.45) is 5.73 Å². The normalized spacial score (nSPS) is 12.0. The number of aryl methyl sites for hydroxylation is 1. The molecule has 0 aliphatic heterocycles. The van der Waals surface area contributed by atoms with E-state index in [2.05, 4.69) is 5.32 Å². The highest BCUT2D eigenvalue weighted by Gasteiger charge is 2.18. The molecule has 0 spiro atoms. The minimum atomic E-state index is -1.59. The molecule has 110 valence electrons. The number of nitrogens with two attached hydrogens (primary N) is 1. The number of hydrogen-bond donors (Lipinski definition) is 2. The molecule has 0 fully saturated rings. The zero-order valence-corrected chi connectivity index (χ0v) is 11.2. The standard InChI is InChI=1S/C15H13F3N2O/c1-8-2-4-9(5-3-8)14(19)15(21)20-10-6-11(16)13(18)12(17)7-10/h2-7,14H,19H2,1H3,(H,20,21). The maximum Gasteiger partial charge on any atom is 0.245 e. The summed E-state index contributed by atoms with van der Waals surface area (Å²) in [7, 11) is 0. The van der Waals surface area contributed by atoms with E-state index in [0.29, 0.717) is 17.7 Å². The summed E-state index contributed by atoms with van der Waals surface area (Å²) >= 11 is 0. The quantitative estimate of drug-likeness (QED) is 0.855. The van der Waals surface area contributed by atoms with Crippen LogP contribution in [0.15, 0.2) is 36.4 Å². The summed E-state index contributed by atoms with van der Waals surface area (Å²) in [5.74, 6) is -5.00. The van der Waals surface area contributed by atoms with Crippen molar-refractivity contribution in [2.45, 2.75) is 13.0 Å². The Bertz CT molecular complexity index is 648. The molecular formula is C15H13F3N2O. The molecular weight excluding hydrogens is 281 g/mol. The van der Waals surface area contributed by atoms with Crippen LogP contribution in [0.4, 0.5) is 18.9 Å². The van der Waals surface area contributed by atoms with Crippen molar-refractivity contribution < 1.29 is 18.0 Å². The summed E-state index contributed by atoms with van der Waals surface area (Å²) in [5.41, 5.74) is 7.14. The van der Waals surface area contributed by atoms with Crippen molar-refractivity contribution in [1.29, 1.82) is 0 Å². The van der Waals surface area contributed by atoms with Gasteiger partial charge in [-0.25, -0.2) is 13.2 Å². The summed E-state index contributed by atoms with van der Waals surface area (Å²) < 4.78 is 38.9. The predicted octanol–water partition coefficient (Wildman–Crippen LogP) is 3.05. The van der Waals surface area contributed by atoms with Crippen molar-refractivity contribution >= 4 is 11.6 Å². The van der Waals surface area contributed by atoms with Crippen LogP contribution in [0.5, 0.6) is 0 Å². The molecule has 0 bridgehead atoms. The molecule has 0 aromatic heterocycles. The van der Waals surface area contributed by atoms with E-state index in [0.717, 1.165) is 5.56 Å². The van der Waals surface area contributed by atoms with Crippen LogP contribution in [0.25, 0.3) is 0 Å². The van der Waals surface area contributed by atoms with Gasteiger partial charge in [0.2, 0.25) is 5.91 Å². The van der Waals surface area contributed by atoms with Gasteiger partial charge >= 0.3 is 0 Å². The zero-order chi connectivity index (χ0) is 15.6. The van der Waals surface area contributed by atoms with Crippen LogP contribution in [0.1, 0.15) is 17.2 Å². The van der Waals surface area contributed by atoms with Crippen LogP contribution >= 0.6 is 0 Å². The first-order chi connectivity index (χ1) is 9.88. The van der Waals surface area contributed by atoms with Crippen molar-refractivity contribution in [1.82, 2.24) is 0 Å². The summed E-state index contributed by atoms with van der Waals surface area (Å²) in [5, 5.41) is 2.25. The molecule has 1 amide bonds. The Morgan fingerprint density at radius 2 is 1.62 bits per heavy atom. The van der Waals surface area contributed by atoms with Crippen LogP contribution in [-0.4, -0.2) is 5.91 Å². The number of carbonyl (C=O) groups is 1. The lowest BCUT2D eigenvalue weighted by Gasteiger charge is -2.13. The molecule has 21 heavy (non-hydrogen) atoms. The summed E-state index contributed by atoms with van der Waals surface area (Å²) in [4.78, 5) is 11.9. The van der Waals surface area contributed by atoms with Crippen LogP contribution in [0.3, 0.4) is 0 Å². The fourth-order valence-electron chi connectivity index (χ4n) is 1.77. The SMILES string of the molecule is Cc1ccc(C(N)C(=O)Nc2cc(F)c(F)c(F)c2)cc1. The third-order valence-electron chi connectivity index (χ3n) is 2.97. The number of halogens is 3. The maximum atomic E-state index is 13.1. The fourth-order valence-corrected chi connectivity index (χ4v) is 1.77. The van der Waals surface area contributed by atoms with E-state index in [1.165, 1.54) is 0 Å². The molecule has 2 aromatic carbocycles. The molecule has 3 nitrogen and oxygen atoms in total. The number of rotatable bonds is 3. The molecule has 6 heteroatoms. The van der Waals surface area contributed by atoms with Crippen LogP contribution in [-0.2, 0) is 4.79 Å². The van der Waals surface area contributed by atoms with Gasteiger partial charge in [0.15, 0.2) is 17.5 Å². The Kier molecular flexibility index (Phi) is 4.28. The van der Waals surface area contributed by atoms with E-state index in [4.69, 9.17) is 5.73 Å². The van der Waals surface area contributed by atoms with Gasteiger partial charge < -0.3 is 11.1 Å². The van der Waals surface area contributed by atoms with Crippen LogP contribution in [0.2, 0.25) is 0 Å². The van der Waals surface area contributed by atoms with E-state index in [-0.39, 0.29) is 5.69 Å². The minimum absolute atomic E-state index is 0.195. The number of nitrogens with one attached hydrogen (secondary N) is 1. The maximum absolute atomic E-state index is 13.1. The second kappa shape index (κ2) is 5.97. The Morgan fingerprint density at radius 3 is 2.14 bits per heavy atom. The molecule has 0 heterocycles. The second-order valence-corrected chi connectivity index (χ2v) is 4.63. The van der Waals surface area contributed by atoms with Gasteiger partial charge in [-0.1, -0.05) is 29.8 Å². The van der Waals surface area contributed by atoms with Gasteiger partial charge in [0.05, 0.1) is 0 Å². The monoisotopic (exact) mass is 294 g/mol. The van der Waals surface area contributed by atoms with Crippen molar-refractivity contribution in [3.63, 3.8) is 0 Å². The average molecular weight is 294 g/mol. The van der Waals surface area contributed by atoms with Gasteiger partial charge in [-0.3, -0.25) is 4.79 Å². The number of carbonyl (C=O) groups excluding carboxylic acids is 1. The zero-order valence-electron chi connectivity index (χ0n) is 11.2. The fraction of sp³-hybridized carbons (Fsp3) is 0.133. The van der Waals surface area contributed by atoms with Gasteiger partial charge in [0.25, 0.3) is 0 Å². The van der Waals surface area contributed by atoms with Gasteiger partial charge in [0, 0.05) is 17.8 Å². The second-order valence-electron chi connectivity index (χ2n) is 4.63. The summed E-state index contributed by atoms with van der Waals surface area (Å²) in [6.07, 6.45) is 0. The molecule has 0 saturated carbocycles. The van der Waals surface area contributed by atoms with Crippen LogP contribution in [0, 0.1) is 24.4 Å². The number of benzene rings is 2. The Labute approximate surface area is 119 Å². The lowest BCUT2D eigenvalue weighted by molar-refractivity contribution is -0.117. The molecule has 2 rings (SSSR count). The lowest BCUT2D eigenvalue weighted by Crippen LogP contribution is -2.27. The molecule has 0 saturated heterocycles. The van der Waals surface area contributed by atoms with Gasteiger partial charge in [-0.15, -0.1) is 0 Å². The molecule has 2 aromatic rings. The summed E-state index contributed by atoms with van der Waals surface area (Å²) in [6.45, 7) is 1.89. The van der Waals surface area contributed by atoms with E-state index in [9.17, 15) is 18.0 Å². The molecule has 1 atom stereocenters. The first kappa shape index (κ1) is 15.1. The number of anilines is 1. The van der Waals surface area contributed by atoms with E-state index in [1.807, 2.05) is 6.92 Å². The highest BCUT2D eigenvalue weighted by atomic mass is 19.2. The topological polar surface area (TPSA) is 55.1 Å². The smallest absolute Gasteiger partial charge is 0.245 e. The van der Waals surface area contributed by atoms with E-state index >= 15 is 0 Å². The number of hydrogen-bond acceptors (Lipinski definition) is 2. The first-order valence-electron chi connectivity index (χ1n) is 6.16. The van der Waals surface area contributed by atoms with Gasteiger partial charge in [-0.2, -0.15) is 0 Å². The highest BCUT2D eigenvalue weighted by Crippen LogP contribution is 2.19. The number of amides is 1. The molecule has 0 aliphatic carbocycles. The van der Waals surface area contributed by atoms with E-state index in [1.54, 1.807) is 24.3 Å². The Balaban J connectivity index is 2.16. The Hall–Kier alpha value is -2.34. The summed E-state index contributed by atoms with van der Waals surface area (Å²) in [6, 6.07) is 7.34. The highest BCUT2D eigenvalue weighted by molar-refractivity contribution is 5.95. The molecule has 0 aliphatic rings.